The lowest BCUT2D eigenvalue weighted by atomic mass is 9.85. The number of hydrogen-bond donors (Lipinski definition) is 2. The molecule has 130 valence electrons. The van der Waals surface area contributed by atoms with Gasteiger partial charge >= 0.3 is 0 Å². The van der Waals surface area contributed by atoms with Gasteiger partial charge in [-0.15, -0.1) is 0 Å². The number of aryl methyl sites for hydroxylation is 1. The van der Waals surface area contributed by atoms with Crippen LogP contribution in [-0.2, 0) is 4.79 Å². The smallest absolute Gasteiger partial charge is 0.226 e. The van der Waals surface area contributed by atoms with Gasteiger partial charge < -0.3 is 5.32 Å². The number of aromatic amines is 1. The highest BCUT2D eigenvalue weighted by atomic mass is 16.1. The summed E-state index contributed by atoms with van der Waals surface area (Å²) in [7, 11) is 0. The zero-order valence-corrected chi connectivity index (χ0v) is 14.4. The summed E-state index contributed by atoms with van der Waals surface area (Å²) in [6.45, 7) is 1.86. The van der Waals surface area contributed by atoms with Crippen LogP contribution in [0.5, 0.6) is 0 Å². The zero-order valence-electron chi connectivity index (χ0n) is 14.4. The van der Waals surface area contributed by atoms with Gasteiger partial charge in [-0.1, -0.05) is 30.3 Å². The van der Waals surface area contributed by atoms with Crippen molar-refractivity contribution in [3.8, 4) is 11.3 Å². The van der Waals surface area contributed by atoms with Gasteiger partial charge in [-0.3, -0.25) is 9.89 Å². The van der Waals surface area contributed by atoms with Crippen LogP contribution in [0.25, 0.3) is 11.3 Å². The first-order valence-corrected chi connectivity index (χ1v) is 8.77. The standard InChI is InChI=1S/C19H18N6O/c1-11-21-19-22-14-8-5-9-15(26)16(14)18(25(19)24-11)13-10-20-23-17(13)12-6-3-2-4-7-12/h2-4,6-7,10,18H,5,8-9H2,1H3,(H,20,23)(H,21,22,24). The molecule has 0 bridgehead atoms. The summed E-state index contributed by atoms with van der Waals surface area (Å²) in [5.41, 5.74) is 4.62. The summed E-state index contributed by atoms with van der Waals surface area (Å²) in [6, 6.07) is 9.71. The molecule has 0 saturated carbocycles. The number of carbonyl (C=O) groups is 1. The van der Waals surface area contributed by atoms with Crippen LogP contribution < -0.4 is 5.32 Å². The second-order valence-electron chi connectivity index (χ2n) is 6.69. The number of nitrogens with zero attached hydrogens (tertiary/aromatic N) is 4. The van der Waals surface area contributed by atoms with Gasteiger partial charge in [0.25, 0.3) is 0 Å². The molecule has 2 aliphatic rings. The third-order valence-corrected chi connectivity index (χ3v) is 5.00. The Morgan fingerprint density at radius 3 is 2.88 bits per heavy atom. The van der Waals surface area contributed by atoms with E-state index < -0.39 is 0 Å². The summed E-state index contributed by atoms with van der Waals surface area (Å²) in [4.78, 5) is 17.3. The Hall–Kier alpha value is -3.22. The summed E-state index contributed by atoms with van der Waals surface area (Å²) < 4.78 is 1.81. The van der Waals surface area contributed by atoms with Gasteiger partial charge in [0.2, 0.25) is 5.95 Å². The maximum Gasteiger partial charge on any atom is 0.226 e. The molecule has 2 aromatic heterocycles. The number of carbonyl (C=O) groups excluding carboxylic acids is 1. The van der Waals surface area contributed by atoms with E-state index in [1.165, 1.54) is 0 Å². The first kappa shape index (κ1) is 15.1. The van der Waals surface area contributed by atoms with Gasteiger partial charge in [-0.25, -0.2) is 4.68 Å². The first-order chi connectivity index (χ1) is 12.7. The van der Waals surface area contributed by atoms with Gasteiger partial charge in [0, 0.05) is 23.3 Å². The maximum absolute atomic E-state index is 12.8. The molecule has 0 radical (unpaired) electrons. The van der Waals surface area contributed by atoms with Crippen LogP contribution in [-0.4, -0.2) is 30.7 Å². The number of nitrogens with one attached hydrogen (secondary N) is 2. The molecule has 1 aliphatic carbocycles. The number of aromatic nitrogens is 5. The van der Waals surface area contributed by atoms with E-state index in [0.717, 1.165) is 40.9 Å². The second-order valence-corrected chi connectivity index (χ2v) is 6.69. The van der Waals surface area contributed by atoms with E-state index in [2.05, 4.69) is 25.6 Å². The number of ketones is 1. The number of fused-ring (bicyclic) bond motifs is 1. The Labute approximate surface area is 150 Å². The van der Waals surface area contributed by atoms with E-state index in [4.69, 9.17) is 0 Å². The molecule has 2 N–H and O–H groups in total. The monoisotopic (exact) mass is 346 g/mol. The van der Waals surface area contributed by atoms with Crippen LogP contribution in [0.4, 0.5) is 5.95 Å². The Balaban J connectivity index is 1.73. The molecule has 3 aromatic rings. The molecule has 1 unspecified atom stereocenters. The molecule has 0 saturated heterocycles. The van der Waals surface area contributed by atoms with E-state index >= 15 is 0 Å². The third kappa shape index (κ3) is 2.20. The van der Waals surface area contributed by atoms with E-state index in [9.17, 15) is 4.79 Å². The highest BCUT2D eigenvalue weighted by Crippen LogP contribution is 2.42. The average molecular weight is 346 g/mol. The van der Waals surface area contributed by atoms with Gasteiger partial charge in [0.05, 0.1) is 11.9 Å². The van der Waals surface area contributed by atoms with Crippen LogP contribution in [0.15, 0.2) is 47.8 Å². The Bertz CT molecular complexity index is 1030. The van der Waals surface area contributed by atoms with Crippen LogP contribution >= 0.6 is 0 Å². The molecule has 1 aliphatic heterocycles. The predicted molar refractivity (Wildman–Crippen MR) is 96.4 cm³/mol. The predicted octanol–water partition coefficient (Wildman–Crippen LogP) is 3.00. The largest absolute Gasteiger partial charge is 0.328 e. The molecule has 7 heteroatoms. The number of rotatable bonds is 2. The van der Waals surface area contributed by atoms with Crippen molar-refractivity contribution >= 4 is 11.7 Å². The normalized spacial score (nSPS) is 19.1. The first-order valence-electron chi connectivity index (χ1n) is 8.77. The van der Waals surface area contributed by atoms with Crippen molar-refractivity contribution < 1.29 is 4.79 Å². The summed E-state index contributed by atoms with van der Waals surface area (Å²) in [6.07, 6.45) is 4.08. The molecule has 7 nitrogen and oxygen atoms in total. The Morgan fingerprint density at radius 2 is 2.04 bits per heavy atom. The summed E-state index contributed by atoms with van der Waals surface area (Å²) in [5.74, 6) is 1.53. The number of Topliss-reactive ketones (excluding diaryl/α,β-unsaturated/α-hetero) is 1. The zero-order chi connectivity index (χ0) is 17.7. The van der Waals surface area contributed by atoms with Gasteiger partial charge in [-0.2, -0.15) is 15.2 Å². The lowest BCUT2D eigenvalue weighted by Crippen LogP contribution is -2.31. The average Bonchev–Trinajstić information content (AvgIpc) is 3.26. The minimum absolute atomic E-state index is 0.169. The fourth-order valence-electron chi connectivity index (χ4n) is 3.89. The molecular formula is C19H18N6O. The summed E-state index contributed by atoms with van der Waals surface area (Å²) in [5, 5.41) is 15.3. The molecule has 1 aromatic carbocycles. The molecular weight excluding hydrogens is 328 g/mol. The van der Waals surface area contributed by atoms with Crippen LogP contribution in [0.1, 0.15) is 36.7 Å². The topological polar surface area (TPSA) is 88.5 Å². The number of H-pyrrole nitrogens is 1. The van der Waals surface area contributed by atoms with Gasteiger partial charge in [-0.05, 0) is 25.3 Å². The van der Waals surface area contributed by atoms with Gasteiger partial charge in [0.15, 0.2) is 5.78 Å². The molecule has 5 rings (SSSR count). The second kappa shape index (κ2) is 5.66. The van der Waals surface area contributed by atoms with Crippen molar-refractivity contribution in [1.82, 2.24) is 25.0 Å². The fraction of sp³-hybridized carbons (Fsp3) is 0.263. The van der Waals surface area contributed by atoms with Crippen LogP contribution in [0.3, 0.4) is 0 Å². The van der Waals surface area contributed by atoms with E-state index in [1.54, 1.807) is 6.20 Å². The van der Waals surface area contributed by atoms with Crippen molar-refractivity contribution in [2.24, 2.45) is 0 Å². The van der Waals surface area contributed by atoms with E-state index in [0.29, 0.717) is 18.2 Å². The van der Waals surface area contributed by atoms with Crippen LogP contribution in [0.2, 0.25) is 0 Å². The Morgan fingerprint density at radius 1 is 1.19 bits per heavy atom. The van der Waals surface area contributed by atoms with Crippen molar-refractivity contribution in [2.45, 2.75) is 32.2 Å². The minimum atomic E-state index is -0.316. The quantitative estimate of drug-likeness (QED) is 0.745. The third-order valence-electron chi connectivity index (χ3n) is 5.00. The summed E-state index contributed by atoms with van der Waals surface area (Å²) >= 11 is 0. The molecule has 1 atom stereocenters. The molecule has 26 heavy (non-hydrogen) atoms. The minimum Gasteiger partial charge on any atom is -0.328 e. The van der Waals surface area contributed by atoms with Crippen LogP contribution in [0, 0.1) is 6.92 Å². The molecule has 0 amide bonds. The maximum atomic E-state index is 12.8. The van der Waals surface area contributed by atoms with Crippen molar-refractivity contribution in [3.63, 3.8) is 0 Å². The number of hydrogen-bond acceptors (Lipinski definition) is 5. The van der Waals surface area contributed by atoms with Gasteiger partial charge in [0.1, 0.15) is 11.9 Å². The van der Waals surface area contributed by atoms with Crippen molar-refractivity contribution in [3.05, 3.63) is 59.2 Å². The lowest BCUT2D eigenvalue weighted by molar-refractivity contribution is -0.116. The van der Waals surface area contributed by atoms with E-state index in [-0.39, 0.29) is 11.8 Å². The molecule has 0 spiro atoms. The fourth-order valence-corrected chi connectivity index (χ4v) is 3.89. The lowest BCUT2D eigenvalue weighted by Gasteiger charge is -2.32. The Kier molecular flexibility index (Phi) is 3.28. The highest BCUT2D eigenvalue weighted by molar-refractivity contribution is 5.99. The van der Waals surface area contributed by atoms with Crippen molar-refractivity contribution in [2.75, 3.05) is 5.32 Å². The number of benzene rings is 1. The molecule has 3 heterocycles. The number of anilines is 1. The number of allylic oxidation sites excluding steroid dienone is 2. The van der Waals surface area contributed by atoms with Crippen molar-refractivity contribution in [1.29, 1.82) is 0 Å². The highest BCUT2D eigenvalue weighted by Gasteiger charge is 2.38. The van der Waals surface area contributed by atoms with E-state index in [1.807, 2.05) is 41.9 Å². The SMILES string of the molecule is Cc1nc2n(n1)C(c1cn[nH]c1-c1ccccc1)C1=C(CCCC1=O)N2. The molecule has 0 fully saturated rings.